The van der Waals surface area contributed by atoms with Crippen LogP contribution >= 0.6 is 0 Å². The fraction of sp³-hybridized carbons (Fsp3) is 0.160. The monoisotopic (exact) mass is 480 g/mol. The van der Waals surface area contributed by atoms with Crippen molar-refractivity contribution in [2.75, 3.05) is 19.5 Å². The molecule has 10 heteroatoms. The number of carbonyl (C=O) groups is 1. The summed E-state index contributed by atoms with van der Waals surface area (Å²) in [4.78, 5) is 17.1. The molecule has 0 aliphatic carbocycles. The van der Waals surface area contributed by atoms with E-state index in [9.17, 15) is 13.6 Å². The first-order chi connectivity index (χ1) is 17.0. The second-order valence-electron chi connectivity index (χ2n) is 7.49. The number of hydrogen-bond donors (Lipinski definition) is 2. The summed E-state index contributed by atoms with van der Waals surface area (Å²) >= 11 is 0. The average molecular weight is 480 g/mol. The molecule has 0 bridgehead atoms. The Bertz CT molecular complexity index is 1310. The fourth-order valence-corrected chi connectivity index (χ4v) is 3.43. The average Bonchev–Trinajstić information content (AvgIpc) is 3.36. The van der Waals surface area contributed by atoms with Crippen molar-refractivity contribution in [1.82, 2.24) is 15.5 Å². The van der Waals surface area contributed by atoms with Crippen LogP contribution in [0.25, 0.3) is 11.4 Å². The first-order valence-corrected chi connectivity index (χ1v) is 10.6. The summed E-state index contributed by atoms with van der Waals surface area (Å²) in [7, 11) is 3.05. The van der Waals surface area contributed by atoms with Crippen LogP contribution < -0.4 is 20.1 Å². The van der Waals surface area contributed by atoms with Gasteiger partial charge in [0.2, 0.25) is 11.7 Å². The maximum absolute atomic E-state index is 14.0. The topological polar surface area (TPSA) is 98.5 Å². The van der Waals surface area contributed by atoms with E-state index < -0.39 is 23.7 Å². The molecule has 180 valence electrons. The van der Waals surface area contributed by atoms with Gasteiger partial charge in [0.25, 0.3) is 0 Å². The summed E-state index contributed by atoms with van der Waals surface area (Å²) in [6, 6.07) is 16.0. The Hall–Kier alpha value is -4.47. The molecular formula is C25H22F2N4O4. The smallest absolute Gasteiger partial charge is 0.319 e. The van der Waals surface area contributed by atoms with Crippen molar-refractivity contribution in [3.8, 4) is 22.9 Å². The Morgan fingerprint density at radius 2 is 1.77 bits per heavy atom. The van der Waals surface area contributed by atoms with Gasteiger partial charge in [0.1, 0.15) is 17.7 Å². The standard InChI is InChI=1S/C25H22F2N4O4/c1-33-21-11-8-16(13-22(21)34-2)23-30-24(35-31-23)20(12-15-6-4-3-5-7-15)29-25(32)28-19-10-9-17(26)14-18(19)27/h3-11,13-14,20H,12H2,1-2H3,(H2,28,29,32)/t20-/m0/s1. The molecule has 8 nitrogen and oxygen atoms in total. The van der Waals surface area contributed by atoms with Gasteiger partial charge < -0.3 is 24.6 Å². The summed E-state index contributed by atoms with van der Waals surface area (Å²) < 4.78 is 43.2. The molecule has 3 aromatic carbocycles. The maximum Gasteiger partial charge on any atom is 0.319 e. The number of ether oxygens (including phenoxy) is 2. The lowest BCUT2D eigenvalue weighted by molar-refractivity contribution is 0.243. The van der Waals surface area contributed by atoms with E-state index in [1.807, 2.05) is 30.3 Å². The molecule has 0 aliphatic heterocycles. The summed E-state index contributed by atoms with van der Waals surface area (Å²) in [6.45, 7) is 0. The number of amides is 2. The number of nitrogens with one attached hydrogen (secondary N) is 2. The van der Waals surface area contributed by atoms with Crippen LogP contribution in [-0.4, -0.2) is 30.4 Å². The summed E-state index contributed by atoms with van der Waals surface area (Å²) in [6.07, 6.45) is 0.327. The molecule has 0 spiro atoms. The zero-order chi connectivity index (χ0) is 24.8. The van der Waals surface area contributed by atoms with Crippen molar-refractivity contribution in [2.24, 2.45) is 0 Å². The van der Waals surface area contributed by atoms with E-state index in [2.05, 4.69) is 20.8 Å². The van der Waals surface area contributed by atoms with Gasteiger partial charge in [-0.25, -0.2) is 13.6 Å². The molecular weight excluding hydrogens is 458 g/mol. The van der Waals surface area contributed by atoms with Gasteiger partial charge in [-0.2, -0.15) is 4.98 Å². The maximum atomic E-state index is 14.0. The molecule has 0 aliphatic rings. The van der Waals surface area contributed by atoms with Crippen LogP contribution in [0.3, 0.4) is 0 Å². The predicted molar refractivity (Wildman–Crippen MR) is 124 cm³/mol. The molecule has 0 unspecified atom stereocenters. The van der Waals surface area contributed by atoms with Crippen LogP contribution in [0.1, 0.15) is 17.5 Å². The van der Waals surface area contributed by atoms with E-state index in [-0.39, 0.29) is 17.4 Å². The van der Waals surface area contributed by atoms with Gasteiger partial charge in [-0.3, -0.25) is 0 Å². The van der Waals surface area contributed by atoms with E-state index in [1.54, 1.807) is 18.2 Å². The minimum Gasteiger partial charge on any atom is -0.493 e. The number of methoxy groups -OCH3 is 2. The minimum atomic E-state index is -0.895. The van der Waals surface area contributed by atoms with Gasteiger partial charge in [-0.05, 0) is 35.9 Å². The Morgan fingerprint density at radius 3 is 2.49 bits per heavy atom. The largest absolute Gasteiger partial charge is 0.493 e. The molecule has 1 atom stereocenters. The highest BCUT2D eigenvalue weighted by Crippen LogP contribution is 2.31. The van der Waals surface area contributed by atoms with Gasteiger partial charge in [0.15, 0.2) is 11.5 Å². The second-order valence-corrected chi connectivity index (χ2v) is 7.49. The lowest BCUT2D eigenvalue weighted by atomic mass is 10.1. The van der Waals surface area contributed by atoms with Crippen molar-refractivity contribution in [3.05, 3.63) is 89.8 Å². The highest BCUT2D eigenvalue weighted by molar-refractivity contribution is 5.89. The SMILES string of the molecule is COc1ccc(-c2noc([C@H](Cc3ccccc3)NC(=O)Nc3ccc(F)cc3F)n2)cc1OC. The molecule has 35 heavy (non-hydrogen) atoms. The van der Waals surface area contributed by atoms with Crippen molar-refractivity contribution in [3.63, 3.8) is 0 Å². The zero-order valence-corrected chi connectivity index (χ0v) is 18.9. The van der Waals surface area contributed by atoms with Crippen LogP contribution in [0.15, 0.2) is 71.3 Å². The highest BCUT2D eigenvalue weighted by atomic mass is 19.1. The van der Waals surface area contributed by atoms with E-state index in [1.165, 1.54) is 14.2 Å². The Morgan fingerprint density at radius 1 is 1.00 bits per heavy atom. The Labute approximate surface area is 199 Å². The molecule has 1 aromatic heterocycles. The number of hydrogen-bond acceptors (Lipinski definition) is 6. The number of benzene rings is 3. The summed E-state index contributed by atoms with van der Waals surface area (Å²) in [5, 5.41) is 9.14. The normalized spacial score (nSPS) is 11.5. The van der Waals surface area contributed by atoms with Crippen LogP contribution in [0.2, 0.25) is 0 Å². The second kappa shape index (κ2) is 10.6. The molecule has 2 amide bonds. The number of nitrogens with zero attached hydrogens (tertiary/aromatic N) is 2. The van der Waals surface area contributed by atoms with Gasteiger partial charge >= 0.3 is 6.03 Å². The molecule has 0 saturated heterocycles. The summed E-state index contributed by atoms with van der Waals surface area (Å²) in [5.41, 5.74) is 1.35. The van der Waals surface area contributed by atoms with Gasteiger partial charge in [-0.15, -0.1) is 0 Å². The van der Waals surface area contributed by atoms with E-state index in [0.717, 1.165) is 17.7 Å². The quantitative estimate of drug-likeness (QED) is 0.363. The number of rotatable bonds is 8. The third kappa shape index (κ3) is 5.72. The summed E-state index contributed by atoms with van der Waals surface area (Å²) in [5.74, 6) is -0.166. The van der Waals surface area contributed by atoms with E-state index >= 15 is 0 Å². The van der Waals surface area contributed by atoms with E-state index in [4.69, 9.17) is 14.0 Å². The highest BCUT2D eigenvalue weighted by Gasteiger charge is 2.23. The van der Waals surface area contributed by atoms with Crippen LogP contribution in [0.5, 0.6) is 11.5 Å². The molecule has 4 rings (SSSR count). The number of carbonyl (C=O) groups excluding carboxylic acids is 1. The predicted octanol–water partition coefficient (Wildman–Crippen LogP) is 5.14. The molecule has 0 saturated carbocycles. The number of urea groups is 1. The van der Waals surface area contributed by atoms with Crippen molar-refractivity contribution in [2.45, 2.75) is 12.5 Å². The van der Waals surface area contributed by atoms with Gasteiger partial charge in [0, 0.05) is 18.1 Å². The number of aromatic nitrogens is 2. The van der Waals surface area contributed by atoms with Crippen LogP contribution in [0, 0.1) is 11.6 Å². The third-order valence-corrected chi connectivity index (χ3v) is 5.15. The third-order valence-electron chi connectivity index (χ3n) is 5.15. The van der Waals surface area contributed by atoms with Crippen molar-refractivity contribution < 1.29 is 27.6 Å². The van der Waals surface area contributed by atoms with Crippen LogP contribution in [-0.2, 0) is 6.42 Å². The minimum absolute atomic E-state index is 0.147. The Balaban J connectivity index is 1.58. The molecule has 1 heterocycles. The first-order valence-electron chi connectivity index (χ1n) is 10.6. The van der Waals surface area contributed by atoms with E-state index in [0.29, 0.717) is 29.5 Å². The first kappa shape index (κ1) is 23.7. The van der Waals surface area contributed by atoms with Crippen LogP contribution in [0.4, 0.5) is 19.3 Å². The lowest BCUT2D eigenvalue weighted by Crippen LogP contribution is -2.34. The van der Waals surface area contributed by atoms with Gasteiger partial charge in [-0.1, -0.05) is 35.5 Å². The molecule has 0 fully saturated rings. The molecule has 4 aromatic rings. The molecule has 2 N–H and O–H groups in total. The van der Waals surface area contributed by atoms with Crippen molar-refractivity contribution in [1.29, 1.82) is 0 Å². The zero-order valence-electron chi connectivity index (χ0n) is 18.9. The number of anilines is 1. The lowest BCUT2D eigenvalue weighted by Gasteiger charge is -2.16. The van der Waals surface area contributed by atoms with Crippen molar-refractivity contribution >= 4 is 11.7 Å². The fourth-order valence-electron chi connectivity index (χ4n) is 3.43. The Kier molecular flexibility index (Phi) is 7.20. The molecule has 0 radical (unpaired) electrons. The van der Waals surface area contributed by atoms with Gasteiger partial charge in [0.05, 0.1) is 19.9 Å². The number of halogens is 2.